The van der Waals surface area contributed by atoms with Crippen LogP contribution in [0.15, 0.2) is 24.8 Å². The van der Waals surface area contributed by atoms with Crippen LogP contribution >= 0.6 is 35.2 Å². The number of nitrogens with zero attached hydrogens (tertiary/aromatic N) is 4. The van der Waals surface area contributed by atoms with Gasteiger partial charge in [-0.15, -0.1) is 0 Å². The Morgan fingerprint density at radius 3 is 2.45 bits per heavy atom. The van der Waals surface area contributed by atoms with Crippen LogP contribution in [0.1, 0.15) is 46.3 Å². The Morgan fingerprint density at radius 1 is 1.05 bits per heavy atom. The zero-order valence-corrected chi connectivity index (χ0v) is 37.7. The number of imidazole rings is 1. The van der Waals surface area contributed by atoms with Gasteiger partial charge < -0.3 is 88.7 Å². The van der Waals surface area contributed by atoms with Crippen molar-refractivity contribution < 1.29 is 100 Å². The number of ether oxygens (including phenoxy) is 3. The van der Waals surface area contributed by atoms with E-state index in [1.165, 1.54) is 19.9 Å². The zero-order chi connectivity index (χ0) is 47.6. The molecule has 2 aliphatic heterocycles. The van der Waals surface area contributed by atoms with E-state index in [0.29, 0.717) is 6.42 Å². The molecule has 0 radical (unpaired) electrons. The second-order valence-corrected chi connectivity index (χ2v) is 20.0. The van der Waals surface area contributed by atoms with E-state index >= 15 is 0 Å². The first-order chi connectivity index (χ1) is 29.8. The molecule has 64 heavy (non-hydrogen) atoms. The second kappa shape index (κ2) is 23.2. The first-order valence-electron chi connectivity index (χ1n) is 19.1. The van der Waals surface area contributed by atoms with E-state index in [1.807, 2.05) is 0 Å². The van der Waals surface area contributed by atoms with Gasteiger partial charge in [-0.2, -0.15) is 0 Å². The van der Waals surface area contributed by atoms with Gasteiger partial charge in [0, 0.05) is 37.1 Å². The summed E-state index contributed by atoms with van der Waals surface area (Å²) in [5, 5.41) is 45.6. The third-order valence-corrected chi connectivity index (χ3v) is 13.1. The van der Waals surface area contributed by atoms with E-state index in [0.717, 1.165) is 29.0 Å². The molecule has 2 aromatic heterocycles. The van der Waals surface area contributed by atoms with Crippen LogP contribution in [-0.4, -0.2) is 145 Å². The predicted octanol–water partition coefficient (Wildman–Crippen LogP) is -4.04. The van der Waals surface area contributed by atoms with Gasteiger partial charge in [-0.05, 0) is 19.4 Å². The van der Waals surface area contributed by atoms with Crippen molar-refractivity contribution in [2.75, 3.05) is 44.4 Å². The minimum absolute atomic E-state index is 0.0318. The lowest BCUT2D eigenvalue weighted by molar-refractivity contribution is -0.347. The molecule has 0 bridgehead atoms. The van der Waals surface area contributed by atoms with E-state index in [9.17, 15) is 68.1 Å². The Labute approximate surface area is 368 Å². The number of rotatable bonds is 24. The summed E-state index contributed by atoms with van der Waals surface area (Å²) in [4.78, 5) is 96.4. The monoisotopic (exact) mass is 991 g/mol. The summed E-state index contributed by atoms with van der Waals surface area (Å²) in [6, 6.07) is 0. The fraction of sp³-hybridized carbons (Fsp3) is 0.688. The summed E-state index contributed by atoms with van der Waals surface area (Å²) in [5.41, 5.74) is 4.02. The zero-order valence-electron chi connectivity index (χ0n) is 34.2. The molecule has 2 aromatic rings. The number of nitrogens with one attached hydrogen (secondary N) is 2. The number of amides is 2. The number of hydrogen-bond acceptors (Lipinski definition) is 26. The maximum absolute atomic E-state index is 12.6. The Balaban J connectivity index is 1.14. The Morgan fingerprint density at radius 2 is 1.75 bits per heavy atom. The summed E-state index contributed by atoms with van der Waals surface area (Å²) in [6.07, 6.45) is -7.52. The molecule has 2 amide bonds. The first-order valence-corrected chi connectivity index (χ1v) is 24.4. The maximum atomic E-state index is 12.6. The maximum Gasteiger partial charge on any atom is 0.274 e. The summed E-state index contributed by atoms with van der Waals surface area (Å²) in [7, 11) is -17.7. The highest BCUT2D eigenvalue weighted by atomic mass is 32.2. The van der Waals surface area contributed by atoms with Gasteiger partial charge in [0.2, 0.25) is 16.9 Å². The molecule has 11 atom stereocenters. The molecule has 2 saturated heterocycles. The van der Waals surface area contributed by atoms with Gasteiger partial charge in [0.1, 0.15) is 42.4 Å². The molecule has 2 unspecified atom stereocenters. The quantitative estimate of drug-likeness (QED) is 0.0299. The van der Waals surface area contributed by atoms with Crippen molar-refractivity contribution in [2.45, 2.75) is 95.3 Å². The highest BCUT2D eigenvalue weighted by Gasteiger charge is 2.47. The van der Waals surface area contributed by atoms with Gasteiger partial charge in [-0.3, -0.25) is 28.1 Å². The molecule has 2 fully saturated rings. The third kappa shape index (κ3) is 16.2. The second-order valence-electron chi connectivity index (χ2n) is 14.8. The highest BCUT2D eigenvalue weighted by Crippen LogP contribution is 2.56. The van der Waals surface area contributed by atoms with E-state index in [4.69, 9.17) is 19.9 Å². The fourth-order valence-corrected chi connectivity index (χ4v) is 9.17. The number of aliphatic hydroxyl groups is 4. The van der Waals surface area contributed by atoms with Crippen LogP contribution in [0.25, 0.3) is 11.2 Å². The molecule has 0 aromatic carbocycles. The van der Waals surface area contributed by atoms with E-state index in [-0.39, 0.29) is 60.4 Å². The molecule has 4 rings (SSSR count). The lowest BCUT2D eigenvalue weighted by Gasteiger charge is -2.36. The number of anilines is 1. The van der Waals surface area contributed by atoms with Gasteiger partial charge in [-0.25, -0.2) is 19.3 Å². The number of phosphoric ester groups is 3. The summed E-state index contributed by atoms with van der Waals surface area (Å²) in [5.74, 6) is -1.43. The van der Waals surface area contributed by atoms with Crippen molar-refractivity contribution in [3.8, 4) is 0 Å². The van der Waals surface area contributed by atoms with E-state index in [1.54, 1.807) is 13.0 Å². The van der Waals surface area contributed by atoms with Gasteiger partial charge >= 0.3 is 0 Å². The molecule has 0 aliphatic carbocycles. The average Bonchev–Trinajstić information content (AvgIpc) is 3.76. The van der Waals surface area contributed by atoms with Crippen molar-refractivity contribution in [2.24, 2.45) is 5.41 Å². The number of carbonyl (C=O) groups excluding carboxylic acids is 3. The van der Waals surface area contributed by atoms with E-state index in [2.05, 4.69) is 43.5 Å². The van der Waals surface area contributed by atoms with Gasteiger partial charge in [0.05, 0.1) is 46.2 Å². The fourth-order valence-electron chi connectivity index (χ4n) is 5.83. The van der Waals surface area contributed by atoms with Crippen LogP contribution in [0, 0.1) is 5.41 Å². The first kappa shape index (κ1) is 53.8. The molecule has 362 valence electrons. The van der Waals surface area contributed by atoms with E-state index < -0.39 is 109 Å². The Kier molecular flexibility index (Phi) is 19.5. The minimum atomic E-state index is -5.94. The van der Waals surface area contributed by atoms with Crippen LogP contribution in [0.4, 0.5) is 5.82 Å². The van der Waals surface area contributed by atoms with Crippen LogP contribution in [-0.2, 0) is 60.2 Å². The van der Waals surface area contributed by atoms with Gasteiger partial charge in [0.15, 0.2) is 24.0 Å². The van der Waals surface area contributed by atoms with Crippen molar-refractivity contribution in [3.63, 3.8) is 0 Å². The smallest absolute Gasteiger partial charge is 0.274 e. The van der Waals surface area contributed by atoms with Crippen molar-refractivity contribution in [1.29, 1.82) is 0 Å². The highest BCUT2D eigenvalue weighted by molar-refractivity contribution is 8.14. The van der Waals surface area contributed by atoms with Crippen LogP contribution in [0.5, 0.6) is 0 Å². The number of carbonyl (C=O) groups is 3. The van der Waals surface area contributed by atoms with Gasteiger partial charge in [-0.1, -0.05) is 31.7 Å². The van der Waals surface area contributed by atoms with Crippen molar-refractivity contribution in [1.82, 2.24) is 30.2 Å². The largest absolute Gasteiger partial charge is 0.790 e. The van der Waals surface area contributed by atoms with Crippen molar-refractivity contribution >= 4 is 69.1 Å². The minimum Gasteiger partial charge on any atom is -0.790 e. The number of nitrogens with two attached hydrogens (primary N) is 1. The van der Waals surface area contributed by atoms with Crippen LogP contribution < -0.4 is 35.9 Å². The number of phosphoric acid groups is 3. The molecule has 28 nitrogen and oxygen atoms in total. The molecular formula is C32H48N7O21P3S-4. The molecule has 2 aliphatic rings. The summed E-state index contributed by atoms with van der Waals surface area (Å²) >= 11 is 0.925. The Hall–Kier alpha value is -2.86. The lowest BCUT2D eigenvalue weighted by Crippen LogP contribution is -2.47. The molecule has 0 saturated carbocycles. The third-order valence-electron chi connectivity index (χ3n) is 9.23. The number of fused-ring (bicyclic) bond motifs is 1. The average molecular weight is 992 g/mol. The standard InChI is InChI=1S/C32H52N7O21P3S/c1-17-18(40)12-19(41)31(57-17)54-10-5-4-6-22(43)64-11-9-34-21(42)7-8-35-29(46)26(45)32(2,3)14-56-63(52,53)60-62(50,51)55-13-20-25(59-61(47,48)49)24(44)30(58-20)39-16-38-23-27(33)36-15-37-28(23)39/h4,6,15-20,24-26,30-31,40-41,44-45H,5,7-14H2,1-3H3,(H,34,42)(H,35,46)(H,50,51)(H,52,53)(H2,33,36,37)(H2,47,48,49)/p-4/b6-4+/t17-,18+,19+,20+,24+,25+,26-,30+,31+/m0/s1. The van der Waals surface area contributed by atoms with Gasteiger partial charge in [0.25, 0.3) is 15.6 Å². The summed E-state index contributed by atoms with van der Waals surface area (Å²) in [6.45, 7) is 1.70. The summed E-state index contributed by atoms with van der Waals surface area (Å²) < 4.78 is 71.5. The number of aliphatic hydroxyl groups excluding tert-OH is 4. The number of aromatic nitrogens is 4. The SMILES string of the molecule is C[C@@H]1O[C@@H](OCC/C=C/C(=O)SCCNC(=O)CCNC(=O)[C@H](O)C(C)(C)COP(=O)([O-])OP(=O)([O-])OC[C@H]2O[C@@H](n3cnc4c(N)ncnc43)[C@H](O)[C@@H]2OP(=O)([O-])[O-])[C@H](O)C[C@H]1O. The number of nitrogen functional groups attached to an aromatic ring is 1. The van der Waals surface area contributed by atoms with Crippen LogP contribution in [0.2, 0.25) is 0 Å². The molecule has 4 heterocycles. The normalized spacial score (nSPS) is 26.7. The Bertz CT molecular complexity index is 2100. The molecule has 0 spiro atoms. The lowest BCUT2D eigenvalue weighted by atomic mass is 9.87. The number of thioether (sulfide) groups is 1. The topological polar surface area (TPSA) is 434 Å². The molecule has 8 N–H and O–H groups in total. The van der Waals surface area contributed by atoms with Crippen LogP contribution in [0.3, 0.4) is 0 Å². The number of hydrogen-bond donors (Lipinski definition) is 7. The molecular weight excluding hydrogens is 943 g/mol. The van der Waals surface area contributed by atoms with Crippen molar-refractivity contribution in [3.05, 3.63) is 24.8 Å². The molecule has 32 heteroatoms. The predicted molar refractivity (Wildman–Crippen MR) is 209 cm³/mol.